The van der Waals surface area contributed by atoms with Crippen molar-refractivity contribution in [3.8, 4) is 29.6 Å². The molecular formula is C24H18FN5O. The first-order valence-electron chi connectivity index (χ1n) is 9.99. The third-order valence-corrected chi connectivity index (χ3v) is 5.20. The fourth-order valence-corrected chi connectivity index (χ4v) is 3.73. The number of aromatic nitrogens is 4. The zero-order valence-corrected chi connectivity index (χ0v) is 16.8. The molecule has 0 fully saturated rings. The first kappa shape index (κ1) is 18.9. The van der Waals surface area contributed by atoms with Crippen molar-refractivity contribution < 1.29 is 8.91 Å². The molecule has 2 aromatic heterocycles. The summed E-state index contributed by atoms with van der Waals surface area (Å²) in [6, 6.07) is 12.2. The van der Waals surface area contributed by atoms with E-state index in [1.807, 2.05) is 22.8 Å². The number of imidazole rings is 1. The molecular weight excluding hydrogens is 393 g/mol. The molecule has 0 saturated heterocycles. The second-order valence-corrected chi connectivity index (χ2v) is 7.20. The lowest BCUT2D eigenvalue weighted by atomic mass is 9.98. The van der Waals surface area contributed by atoms with Crippen molar-refractivity contribution in [2.45, 2.75) is 26.3 Å². The van der Waals surface area contributed by atoms with Gasteiger partial charge < -0.3 is 4.52 Å². The lowest BCUT2D eigenvalue weighted by Crippen LogP contribution is -2.09. The van der Waals surface area contributed by atoms with Gasteiger partial charge in [-0.15, -0.1) is 6.42 Å². The van der Waals surface area contributed by atoms with Gasteiger partial charge in [-0.2, -0.15) is 4.98 Å². The summed E-state index contributed by atoms with van der Waals surface area (Å²) in [5, 5.41) is 4.03. The highest BCUT2D eigenvalue weighted by Gasteiger charge is 2.25. The minimum absolute atomic E-state index is 0.268. The molecule has 6 nitrogen and oxygen atoms in total. The van der Waals surface area contributed by atoms with E-state index in [1.165, 1.54) is 6.07 Å². The van der Waals surface area contributed by atoms with Gasteiger partial charge in [0.05, 0.1) is 23.6 Å². The molecule has 0 spiro atoms. The molecule has 0 radical (unpaired) electrons. The molecule has 0 aliphatic carbocycles. The number of aryl methyl sites for hydroxylation is 1. The van der Waals surface area contributed by atoms with E-state index in [0.717, 1.165) is 29.8 Å². The Labute approximate surface area is 178 Å². The second-order valence-electron chi connectivity index (χ2n) is 7.20. The van der Waals surface area contributed by atoms with Crippen LogP contribution < -0.4 is 0 Å². The van der Waals surface area contributed by atoms with E-state index < -0.39 is 0 Å². The number of nitrogens with zero attached hydrogens (tertiary/aromatic N) is 5. The fraction of sp³-hybridized carbons (Fsp3) is 0.167. The second kappa shape index (κ2) is 7.65. The maximum Gasteiger partial charge on any atom is 0.278 e. The van der Waals surface area contributed by atoms with Gasteiger partial charge in [0.1, 0.15) is 12.1 Å². The Morgan fingerprint density at radius 2 is 2.06 bits per heavy atom. The van der Waals surface area contributed by atoms with Gasteiger partial charge in [0, 0.05) is 23.1 Å². The summed E-state index contributed by atoms with van der Waals surface area (Å²) in [6.07, 6.45) is 8.97. The Bertz CT molecular complexity index is 1360. The zero-order chi connectivity index (χ0) is 21.4. The molecule has 7 heteroatoms. The highest BCUT2D eigenvalue weighted by Crippen LogP contribution is 2.31. The third-order valence-electron chi connectivity index (χ3n) is 5.20. The fourth-order valence-electron chi connectivity index (χ4n) is 3.73. The van der Waals surface area contributed by atoms with Crippen molar-refractivity contribution in [3.63, 3.8) is 0 Å². The predicted molar refractivity (Wildman–Crippen MR) is 115 cm³/mol. The maximum atomic E-state index is 14.7. The van der Waals surface area contributed by atoms with Gasteiger partial charge in [0.15, 0.2) is 11.5 Å². The normalized spacial score (nSPS) is 12.5. The van der Waals surface area contributed by atoms with Crippen LogP contribution in [0.3, 0.4) is 0 Å². The van der Waals surface area contributed by atoms with E-state index in [2.05, 4.69) is 28.0 Å². The molecule has 3 heterocycles. The topological polar surface area (TPSA) is 69.1 Å². The standard InChI is InChI=1S/C24H18FN5O/c1-3-7-21-28-24(31-29-21)23-20-13-26-22(16-8-5-6-9-18(16)25)17-12-15(4-2)10-11-19(17)30(20)14-27-23/h2,5-6,8-12,14H,3,7,13H2,1H3. The van der Waals surface area contributed by atoms with Gasteiger partial charge in [-0.1, -0.05) is 30.1 Å². The van der Waals surface area contributed by atoms with Crippen LogP contribution >= 0.6 is 0 Å². The van der Waals surface area contributed by atoms with Crippen LogP contribution in [0.2, 0.25) is 0 Å². The summed E-state index contributed by atoms with van der Waals surface area (Å²) in [7, 11) is 0. The van der Waals surface area contributed by atoms with Crippen LogP contribution in [0.25, 0.3) is 17.3 Å². The smallest absolute Gasteiger partial charge is 0.278 e. The average Bonchev–Trinajstić information content (AvgIpc) is 3.38. The highest BCUT2D eigenvalue weighted by atomic mass is 19.1. The van der Waals surface area contributed by atoms with Crippen LogP contribution in [0.4, 0.5) is 4.39 Å². The number of aliphatic imine (C=N–C) groups is 1. The van der Waals surface area contributed by atoms with Gasteiger partial charge in [-0.05, 0) is 36.8 Å². The van der Waals surface area contributed by atoms with Crippen molar-refractivity contribution >= 4 is 5.71 Å². The number of terminal acetylenes is 1. The molecule has 2 aromatic carbocycles. The van der Waals surface area contributed by atoms with Crippen LogP contribution in [0, 0.1) is 18.2 Å². The van der Waals surface area contributed by atoms with E-state index in [0.29, 0.717) is 34.2 Å². The molecule has 0 saturated carbocycles. The number of benzene rings is 2. The first-order chi connectivity index (χ1) is 15.2. The molecule has 0 N–H and O–H groups in total. The van der Waals surface area contributed by atoms with Crippen LogP contribution in [-0.2, 0) is 13.0 Å². The van der Waals surface area contributed by atoms with Crippen LogP contribution in [0.5, 0.6) is 0 Å². The minimum atomic E-state index is -0.343. The molecule has 5 rings (SSSR count). The van der Waals surface area contributed by atoms with Gasteiger partial charge >= 0.3 is 0 Å². The number of hydrogen-bond donors (Lipinski definition) is 0. The molecule has 0 bridgehead atoms. The summed E-state index contributed by atoms with van der Waals surface area (Å²) in [4.78, 5) is 13.8. The largest absolute Gasteiger partial charge is 0.332 e. The lowest BCUT2D eigenvalue weighted by Gasteiger charge is -2.12. The molecule has 0 amide bonds. The first-order valence-corrected chi connectivity index (χ1v) is 9.99. The Balaban J connectivity index is 1.70. The SMILES string of the molecule is C#Cc1ccc2c(c1)C(c1ccccc1F)=NCc1c(-c3nc(CCC)no3)ncn1-2. The van der Waals surface area contributed by atoms with Crippen LogP contribution in [-0.4, -0.2) is 25.4 Å². The van der Waals surface area contributed by atoms with E-state index in [4.69, 9.17) is 15.9 Å². The molecule has 0 atom stereocenters. The van der Waals surface area contributed by atoms with Crippen LogP contribution in [0.1, 0.15) is 41.6 Å². The van der Waals surface area contributed by atoms with Gasteiger partial charge in [-0.25, -0.2) is 9.37 Å². The maximum absolute atomic E-state index is 14.7. The summed E-state index contributed by atoms with van der Waals surface area (Å²) in [5.74, 6) is 3.30. The predicted octanol–water partition coefficient (Wildman–Crippen LogP) is 4.35. The number of halogens is 1. The Morgan fingerprint density at radius 1 is 1.19 bits per heavy atom. The average molecular weight is 411 g/mol. The lowest BCUT2D eigenvalue weighted by molar-refractivity contribution is 0.420. The van der Waals surface area contributed by atoms with Crippen molar-refractivity contribution in [3.05, 3.63) is 82.8 Å². The van der Waals surface area contributed by atoms with Crippen molar-refractivity contribution in [1.82, 2.24) is 19.7 Å². The molecule has 1 aliphatic rings. The zero-order valence-electron chi connectivity index (χ0n) is 16.8. The van der Waals surface area contributed by atoms with Crippen molar-refractivity contribution in [2.75, 3.05) is 0 Å². The molecule has 152 valence electrons. The van der Waals surface area contributed by atoms with Gasteiger partial charge in [0.25, 0.3) is 5.89 Å². The molecule has 31 heavy (non-hydrogen) atoms. The minimum Gasteiger partial charge on any atom is -0.332 e. The number of fused-ring (bicyclic) bond motifs is 3. The van der Waals surface area contributed by atoms with Crippen LogP contribution in [0.15, 0.2) is 58.3 Å². The molecule has 4 aromatic rings. The van der Waals surface area contributed by atoms with Gasteiger partial charge in [-0.3, -0.25) is 9.56 Å². The monoisotopic (exact) mass is 411 g/mol. The number of rotatable bonds is 4. The molecule has 1 aliphatic heterocycles. The Hall–Kier alpha value is -4.05. The summed E-state index contributed by atoms with van der Waals surface area (Å²) in [5.41, 5.74) is 4.54. The van der Waals surface area contributed by atoms with Crippen molar-refractivity contribution in [2.24, 2.45) is 4.99 Å². The highest BCUT2D eigenvalue weighted by molar-refractivity contribution is 6.15. The van der Waals surface area contributed by atoms with E-state index in [9.17, 15) is 4.39 Å². The van der Waals surface area contributed by atoms with E-state index in [-0.39, 0.29) is 12.4 Å². The number of hydrogen-bond acceptors (Lipinski definition) is 5. The third kappa shape index (κ3) is 3.22. The quantitative estimate of drug-likeness (QED) is 0.468. The summed E-state index contributed by atoms with van der Waals surface area (Å²) >= 11 is 0. The Kier molecular flexibility index (Phi) is 4.68. The summed E-state index contributed by atoms with van der Waals surface area (Å²) in [6.45, 7) is 2.32. The van der Waals surface area contributed by atoms with Crippen molar-refractivity contribution in [1.29, 1.82) is 0 Å². The molecule has 0 unspecified atom stereocenters. The van der Waals surface area contributed by atoms with E-state index >= 15 is 0 Å². The van der Waals surface area contributed by atoms with Gasteiger partial charge in [0.2, 0.25) is 0 Å². The summed E-state index contributed by atoms with van der Waals surface area (Å²) < 4.78 is 22.1. The Morgan fingerprint density at radius 3 is 2.87 bits per heavy atom. The van der Waals surface area contributed by atoms with E-state index in [1.54, 1.807) is 24.5 Å².